The second-order valence-corrected chi connectivity index (χ2v) is 10.1. The molecule has 0 fully saturated rings. The van der Waals surface area contributed by atoms with Crippen LogP contribution in [0.15, 0.2) is 42.5 Å². The Hall–Kier alpha value is -2.94. The summed E-state index contributed by atoms with van der Waals surface area (Å²) in [6.45, 7) is 7.31. The Morgan fingerprint density at radius 1 is 1.06 bits per heavy atom. The van der Waals surface area contributed by atoms with Gasteiger partial charge in [-0.2, -0.15) is 0 Å². The summed E-state index contributed by atoms with van der Waals surface area (Å²) in [6, 6.07) is 9.92. The Bertz CT molecular complexity index is 1090. The van der Waals surface area contributed by atoms with E-state index in [1.807, 2.05) is 20.8 Å². The highest BCUT2D eigenvalue weighted by Crippen LogP contribution is 2.22. The number of hydrogen-bond donors (Lipinski definition) is 1. The fraction of sp³-hybridized carbons (Fsp3) is 0.417. The van der Waals surface area contributed by atoms with Gasteiger partial charge in [-0.25, -0.2) is 12.8 Å². The van der Waals surface area contributed by atoms with Crippen LogP contribution in [0, 0.1) is 19.7 Å². The van der Waals surface area contributed by atoms with Gasteiger partial charge >= 0.3 is 0 Å². The van der Waals surface area contributed by atoms with Crippen molar-refractivity contribution in [2.75, 3.05) is 23.7 Å². The molecule has 180 valence electrons. The molecule has 2 aromatic rings. The van der Waals surface area contributed by atoms with Crippen molar-refractivity contribution in [3.63, 3.8) is 0 Å². The van der Waals surface area contributed by atoms with Gasteiger partial charge in [0.1, 0.15) is 18.4 Å². The van der Waals surface area contributed by atoms with Gasteiger partial charge in [-0.05, 0) is 68.1 Å². The van der Waals surface area contributed by atoms with Crippen molar-refractivity contribution < 1.29 is 22.4 Å². The molecule has 0 aliphatic heterocycles. The van der Waals surface area contributed by atoms with Crippen molar-refractivity contribution in [3.8, 4) is 0 Å². The number of rotatable bonds is 10. The highest BCUT2D eigenvalue weighted by Gasteiger charge is 2.30. The lowest BCUT2D eigenvalue weighted by Gasteiger charge is -2.31. The molecule has 9 heteroatoms. The van der Waals surface area contributed by atoms with Gasteiger partial charge in [0.15, 0.2) is 0 Å². The van der Waals surface area contributed by atoms with Crippen LogP contribution in [-0.2, 0) is 26.2 Å². The maximum Gasteiger partial charge on any atom is 0.244 e. The Morgan fingerprint density at radius 3 is 2.24 bits per heavy atom. The van der Waals surface area contributed by atoms with Gasteiger partial charge in [-0.15, -0.1) is 0 Å². The van der Waals surface area contributed by atoms with Gasteiger partial charge in [-0.3, -0.25) is 13.9 Å². The lowest BCUT2D eigenvalue weighted by atomic mass is 10.1. The maximum atomic E-state index is 13.4. The van der Waals surface area contributed by atoms with Gasteiger partial charge in [0.2, 0.25) is 21.8 Å². The fourth-order valence-electron chi connectivity index (χ4n) is 3.26. The molecule has 0 saturated heterocycles. The van der Waals surface area contributed by atoms with Crippen LogP contribution in [0.5, 0.6) is 0 Å². The van der Waals surface area contributed by atoms with Crippen LogP contribution in [-0.4, -0.2) is 50.5 Å². The normalized spacial score (nSPS) is 12.2. The van der Waals surface area contributed by atoms with Crippen molar-refractivity contribution in [2.24, 2.45) is 0 Å². The van der Waals surface area contributed by atoms with Gasteiger partial charge in [-0.1, -0.05) is 25.1 Å². The number of carbonyl (C=O) groups is 2. The number of halogens is 1. The monoisotopic (exact) mass is 477 g/mol. The Morgan fingerprint density at radius 2 is 1.70 bits per heavy atom. The highest BCUT2D eigenvalue weighted by molar-refractivity contribution is 7.92. The summed E-state index contributed by atoms with van der Waals surface area (Å²) in [6.07, 6.45) is 1.77. The molecular weight excluding hydrogens is 445 g/mol. The van der Waals surface area contributed by atoms with Crippen molar-refractivity contribution in [1.29, 1.82) is 0 Å². The molecule has 0 saturated carbocycles. The SMILES string of the molecule is CCCNC(=O)C(C)N(Cc1ccc(F)cc1)C(=O)CN(c1ccc(C)c(C)c1)S(C)(=O)=O. The minimum atomic E-state index is -3.78. The number of aryl methyl sites for hydroxylation is 2. The van der Waals surface area contributed by atoms with Crippen molar-refractivity contribution >= 4 is 27.5 Å². The molecule has 33 heavy (non-hydrogen) atoms. The summed E-state index contributed by atoms with van der Waals surface area (Å²) >= 11 is 0. The van der Waals surface area contributed by atoms with Crippen LogP contribution < -0.4 is 9.62 Å². The van der Waals surface area contributed by atoms with E-state index in [0.717, 1.165) is 28.1 Å². The van der Waals surface area contributed by atoms with Gasteiger partial charge in [0.25, 0.3) is 0 Å². The lowest BCUT2D eigenvalue weighted by molar-refractivity contribution is -0.139. The van der Waals surface area contributed by atoms with Crippen LogP contribution in [0.1, 0.15) is 37.0 Å². The number of hydrogen-bond acceptors (Lipinski definition) is 4. The summed E-state index contributed by atoms with van der Waals surface area (Å²) in [7, 11) is -3.78. The second-order valence-electron chi connectivity index (χ2n) is 8.15. The Balaban J connectivity index is 2.38. The van der Waals surface area contributed by atoms with E-state index in [9.17, 15) is 22.4 Å². The van der Waals surface area contributed by atoms with Crippen LogP contribution >= 0.6 is 0 Å². The first-order valence-electron chi connectivity index (χ1n) is 10.8. The maximum absolute atomic E-state index is 13.4. The van der Waals surface area contributed by atoms with E-state index in [4.69, 9.17) is 0 Å². The van der Waals surface area contributed by atoms with E-state index in [1.54, 1.807) is 25.1 Å². The number of nitrogens with one attached hydrogen (secondary N) is 1. The van der Waals surface area contributed by atoms with E-state index in [1.165, 1.54) is 29.2 Å². The topological polar surface area (TPSA) is 86.8 Å². The van der Waals surface area contributed by atoms with Crippen LogP contribution in [0.3, 0.4) is 0 Å². The van der Waals surface area contributed by atoms with E-state index in [2.05, 4.69) is 5.32 Å². The minimum Gasteiger partial charge on any atom is -0.354 e. The van der Waals surface area contributed by atoms with Crippen molar-refractivity contribution in [3.05, 3.63) is 65.0 Å². The molecule has 1 N–H and O–H groups in total. The summed E-state index contributed by atoms with van der Waals surface area (Å²) in [5, 5.41) is 2.77. The zero-order chi connectivity index (χ0) is 24.8. The molecule has 0 spiro atoms. The number of anilines is 1. The molecule has 0 aliphatic rings. The van der Waals surface area contributed by atoms with Crippen molar-refractivity contribution in [2.45, 2.75) is 46.7 Å². The number of carbonyl (C=O) groups excluding carboxylic acids is 2. The average Bonchev–Trinajstić information content (AvgIpc) is 2.76. The standard InChI is InChI=1S/C24H32FN3O4S/c1-6-13-26-24(30)19(4)27(15-20-8-10-21(25)11-9-20)23(29)16-28(33(5,31)32)22-12-7-17(2)18(3)14-22/h7-12,14,19H,6,13,15-16H2,1-5H3,(H,26,30). The van der Waals surface area contributed by atoms with Gasteiger partial charge in [0.05, 0.1) is 11.9 Å². The lowest BCUT2D eigenvalue weighted by Crippen LogP contribution is -2.51. The van der Waals surface area contributed by atoms with E-state index < -0.39 is 34.3 Å². The first kappa shape index (κ1) is 26.3. The minimum absolute atomic E-state index is 0.0321. The molecule has 0 radical (unpaired) electrons. The van der Waals surface area contributed by atoms with Gasteiger partial charge < -0.3 is 10.2 Å². The predicted octanol–water partition coefficient (Wildman–Crippen LogP) is 3.15. The van der Waals surface area contributed by atoms with Crippen LogP contribution in [0.4, 0.5) is 10.1 Å². The first-order valence-corrected chi connectivity index (χ1v) is 12.7. The third-order valence-electron chi connectivity index (χ3n) is 5.44. The number of sulfonamides is 1. The molecule has 1 unspecified atom stereocenters. The highest BCUT2D eigenvalue weighted by atomic mass is 32.2. The average molecular weight is 478 g/mol. The van der Waals surface area contributed by atoms with E-state index in [0.29, 0.717) is 17.8 Å². The summed E-state index contributed by atoms with van der Waals surface area (Å²) in [5.74, 6) is -1.30. The first-order chi connectivity index (χ1) is 15.4. The summed E-state index contributed by atoms with van der Waals surface area (Å²) in [4.78, 5) is 27.3. The number of benzene rings is 2. The van der Waals surface area contributed by atoms with E-state index >= 15 is 0 Å². The summed E-state index contributed by atoms with van der Waals surface area (Å²) < 4.78 is 39.5. The molecule has 0 heterocycles. The molecule has 7 nitrogen and oxygen atoms in total. The van der Waals surface area contributed by atoms with Crippen molar-refractivity contribution in [1.82, 2.24) is 10.2 Å². The number of amides is 2. The number of nitrogens with zero attached hydrogens (tertiary/aromatic N) is 2. The molecule has 2 aromatic carbocycles. The molecular formula is C24H32FN3O4S. The second kappa shape index (κ2) is 11.3. The van der Waals surface area contributed by atoms with Crippen LogP contribution in [0.2, 0.25) is 0 Å². The quantitative estimate of drug-likeness (QED) is 0.570. The van der Waals surface area contributed by atoms with Gasteiger partial charge in [0, 0.05) is 13.1 Å². The van der Waals surface area contributed by atoms with E-state index in [-0.39, 0.29) is 12.5 Å². The largest absolute Gasteiger partial charge is 0.354 e. The summed E-state index contributed by atoms with van der Waals surface area (Å²) in [5.41, 5.74) is 2.89. The predicted molar refractivity (Wildman–Crippen MR) is 128 cm³/mol. The Labute approximate surface area is 195 Å². The third kappa shape index (κ3) is 7.28. The molecule has 1 atom stereocenters. The molecule has 0 aliphatic carbocycles. The van der Waals surface area contributed by atoms with Crippen LogP contribution in [0.25, 0.3) is 0 Å². The zero-order valence-corrected chi connectivity index (χ0v) is 20.6. The Kier molecular flexibility index (Phi) is 8.99. The third-order valence-corrected chi connectivity index (χ3v) is 6.58. The fourth-order valence-corrected chi connectivity index (χ4v) is 4.10. The smallest absolute Gasteiger partial charge is 0.244 e. The zero-order valence-electron chi connectivity index (χ0n) is 19.8. The molecule has 2 rings (SSSR count). The molecule has 2 amide bonds. The molecule has 0 aromatic heterocycles. The molecule has 0 bridgehead atoms.